The number of primary amides is 1. The van der Waals surface area contributed by atoms with E-state index in [0.717, 1.165) is 36.0 Å². The van der Waals surface area contributed by atoms with Crippen molar-refractivity contribution in [1.82, 2.24) is 4.31 Å². The monoisotopic (exact) mass is 429 g/mol. The second-order valence-electron chi connectivity index (χ2n) is 7.02. The van der Waals surface area contributed by atoms with Gasteiger partial charge in [0.25, 0.3) is 11.8 Å². The number of amides is 2. The topological polar surface area (TPSA) is 136 Å². The van der Waals surface area contributed by atoms with E-state index in [2.05, 4.69) is 5.32 Å². The first kappa shape index (κ1) is 20.7. The van der Waals surface area contributed by atoms with Gasteiger partial charge in [-0.05, 0) is 37.7 Å². The van der Waals surface area contributed by atoms with E-state index < -0.39 is 40.3 Å². The quantitative estimate of drug-likeness (QED) is 0.632. The van der Waals surface area contributed by atoms with Crippen LogP contribution in [0.1, 0.15) is 40.1 Å². The predicted molar refractivity (Wildman–Crippen MR) is 104 cm³/mol. The first-order valence-electron chi connectivity index (χ1n) is 9.02. The minimum absolute atomic E-state index is 0.257. The summed E-state index contributed by atoms with van der Waals surface area (Å²) in [7, 11) is -3.27. The van der Waals surface area contributed by atoms with Crippen LogP contribution in [0.5, 0.6) is 0 Å². The van der Waals surface area contributed by atoms with Crippen LogP contribution in [0.2, 0.25) is 0 Å². The van der Waals surface area contributed by atoms with Crippen molar-refractivity contribution >= 4 is 44.1 Å². The van der Waals surface area contributed by atoms with Crippen LogP contribution in [0.3, 0.4) is 0 Å². The molecule has 9 nitrogen and oxygen atoms in total. The smallest absolute Gasteiger partial charge is 0.309 e. The molecular formula is C17H23N3O6S2. The highest BCUT2D eigenvalue weighted by Crippen LogP contribution is 2.38. The molecule has 2 amide bonds. The van der Waals surface area contributed by atoms with Crippen molar-refractivity contribution in [2.45, 2.75) is 32.1 Å². The molecule has 0 radical (unpaired) electrons. The maximum atomic E-state index is 12.2. The minimum Gasteiger partial charge on any atom is -0.455 e. The number of carbonyl (C=O) groups is 3. The number of nitrogens with zero attached hydrogens (tertiary/aromatic N) is 1. The molecule has 154 valence electrons. The number of aryl methyl sites for hydroxylation is 1. The Kier molecular flexibility index (Phi) is 6.06. The number of nitrogens with two attached hydrogens (primary N) is 1. The fourth-order valence-corrected chi connectivity index (χ4v) is 5.78. The van der Waals surface area contributed by atoms with Gasteiger partial charge >= 0.3 is 5.97 Å². The van der Waals surface area contributed by atoms with Crippen LogP contribution < -0.4 is 11.1 Å². The fraction of sp³-hybridized carbons (Fsp3) is 0.588. The predicted octanol–water partition coefficient (Wildman–Crippen LogP) is 0.489. The van der Waals surface area contributed by atoms with Crippen LogP contribution in [0.4, 0.5) is 5.00 Å². The van der Waals surface area contributed by atoms with Crippen LogP contribution >= 0.6 is 11.3 Å². The Labute approximate surface area is 167 Å². The molecule has 0 atom stereocenters. The number of thiophene rings is 1. The molecule has 1 saturated heterocycles. The Morgan fingerprint density at radius 2 is 1.93 bits per heavy atom. The maximum Gasteiger partial charge on any atom is 0.309 e. The first-order chi connectivity index (χ1) is 13.2. The van der Waals surface area contributed by atoms with Crippen molar-refractivity contribution < 1.29 is 27.5 Å². The van der Waals surface area contributed by atoms with Crippen molar-refractivity contribution in [1.29, 1.82) is 0 Å². The average molecular weight is 430 g/mol. The zero-order valence-corrected chi connectivity index (χ0v) is 17.2. The van der Waals surface area contributed by atoms with E-state index in [-0.39, 0.29) is 13.1 Å². The molecule has 0 saturated carbocycles. The molecule has 2 aliphatic rings. The number of sulfonamides is 1. The molecule has 0 spiro atoms. The molecular weight excluding hydrogens is 406 g/mol. The molecule has 1 aliphatic carbocycles. The van der Waals surface area contributed by atoms with Crippen LogP contribution in [-0.2, 0) is 37.2 Å². The van der Waals surface area contributed by atoms with Crippen molar-refractivity contribution in [3.63, 3.8) is 0 Å². The molecule has 3 N–H and O–H groups in total. The molecule has 1 fully saturated rings. The van der Waals surface area contributed by atoms with E-state index in [1.54, 1.807) is 0 Å². The SMILES string of the molecule is CS(=O)(=O)N1CCC(C(=O)OCC(=O)Nc2sc3c(c2C(N)=O)CCC3)CC1. The number of esters is 1. The summed E-state index contributed by atoms with van der Waals surface area (Å²) in [4.78, 5) is 37.1. The number of fused-ring (bicyclic) bond motifs is 1. The lowest BCUT2D eigenvalue weighted by molar-refractivity contribution is -0.152. The second-order valence-corrected chi connectivity index (χ2v) is 10.1. The van der Waals surface area contributed by atoms with E-state index >= 15 is 0 Å². The van der Waals surface area contributed by atoms with E-state index in [9.17, 15) is 22.8 Å². The van der Waals surface area contributed by atoms with Crippen LogP contribution in [0.15, 0.2) is 0 Å². The summed E-state index contributed by atoms with van der Waals surface area (Å²) in [6, 6.07) is 0. The standard InChI is InChI=1S/C17H23N3O6S2/c1-28(24,25)20-7-5-10(6-8-20)17(23)26-9-13(21)19-16-14(15(18)22)11-3-2-4-12(11)27-16/h10H,2-9H2,1H3,(H2,18,22)(H,19,21). The van der Waals surface area contributed by atoms with Gasteiger partial charge in [0.1, 0.15) is 5.00 Å². The Morgan fingerprint density at radius 1 is 1.25 bits per heavy atom. The first-order valence-corrected chi connectivity index (χ1v) is 11.7. The van der Waals surface area contributed by atoms with Crippen LogP contribution in [-0.4, -0.2) is 56.5 Å². The Bertz CT molecular complexity index is 900. The third kappa shape index (κ3) is 4.53. The molecule has 2 heterocycles. The largest absolute Gasteiger partial charge is 0.455 e. The van der Waals surface area contributed by atoms with Gasteiger partial charge < -0.3 is 15.8 Å². The maximum absolute atomic E-state index is 12.2. The summed E-state index contributed by atoms with van der Waals surface area (Å²) in [5, 5.41) is 3.02. The van der Waals surface area contributed by atoms with Crippen molar-refractivity contribution in [2.75, 3.05) is 31.3 Å². The minimum atomic E-state index is -3.27. The van der Waals surface area contributed by atoms with Crippen LogP contribution in [0.25, 0.3) is 0 Å². The van der Waals surface area contributed by atoms with Gasteiger partial charge in [0.15, 0.2) is 6.61 Å². The summed E-state index contributed by atoms with van der Waals surface area (Å²) >= 11 is 1.33. The average Bonchev–Trinajstić information content (AvgIpc) is 3.19. The van der Waals surface area contributed by atoms with E-state index in [1.165, 1.54) is 15.6 Å². The normalized spacial score (nSPS) is 17.9. The van der Waals surface area contributed by atoms with Gasteiger partial charge in [0.05, 0.1) is 17.7 Å². The molecule has 1 aromatic rings. The molecule has 1 aromatic heterocycles. The van der Waals surface area contributed by atoms with Gasteiger partial charge in [0.2, 0.25) is 10.0 Å². The number of nitrogens with one attached hydrogen (secondary N) is 1. The summed E-state index contributed by atoms with van der Waals surface area (Å²) < 4.78 is 29.4. The van der Waals surface area contributed by atoms with E-state index in [4.69, 9.17) is 10.5 Å². The molecule has 3 rings (SSSR count). The molecule has 0 aromatic carbocycles. The van der Waals surface area contributed by atoms with Crippen LogP contribution in [0, 0.1) is 5.92 Å². The molecule has 28 heavy (non-hydrogen) atoms. The summed E-state index contributed by atoms with van der Waals surface area (Å²) in [6.07, 6.45) is 4.44. The number of piperidine rings is 1. The highest BCUT2D eigenvalue weighted by Gasteiger charge is 2.30. The molecule has 11 heteroatoms. The number of hydrogen-bond acceptors (Lipinski definition) is 7. The molecule has 0 unspecified atom stereocenters. The summed E-state index contributed by atoms with van der Waals surface area (Å²) in [5.74, 6) is -2.07. The third-order valence-electron chi connectivity index (χ3n) is 5.02. The van der Waals surface area contributed by atoms with Gasteiger partial charge in [0, 0.05) is 18.0 Å². The van der Waals surface area contributed by atoms with Gasteiger partial charge in [-0.15, -0.1) is 11.3 Å². The number of rotatable bonds is 6. The summed E-state index contributed by atoms with van der Waals surface area (Å²) in [6.45, 7) is 0.0485. The zero-order chi connectivity index (χ0) is 20.5. The number of ether oxygens (including phenoxy) is 1. The Hall–Kier alpha value is -1.98. The Balaban J connectivity index is 1.52. The lowest BCUT2D eigenvalue weighted by Crippen LogP contribution is -2.40. The highest BCUT2D eigenvalue weighted by molar-refractivity contribution is 7.88. The second kappa shape index (κ2) is 8.18. The van der Waals surface area contributed by atoms with Crippen molar-refractivity contribution in [3.05, 3.63) is 16.0 Å². The van der Waals surface area contributed by atoms with Crippen molar-refractivity contribution in [3.8, 4) is 0 Å². The van der Waals surface area contributed by atoms with E-state index in [1.807, 2.05) is 0 Å². The molecule has 0 bridgehead atoms. The molecule has 1 aliphatic heterocycles. The van der Waals surface area contributed by atoms with Gasteiger partial charge in [-0.25, -0.2) is 12.7 Å². The van der Waals surface area contributed by atoms with E-state index in [0.29, 0.717) is 23.4 Å². The third-order valence-corrected chi connectivity index (χ3v) is 7.53. The Morgan fingerprint density at radius 3 is 2.54 bits per heavy atom. The zero-order valence-electron chi connectivity index (χ0n) is 15.5. The van der Waals surface area contributed by atoms with Gasteiger partial charge in [-0.3, -0.25) is 14.4 Å². The highest BCUT2D eigenvalue weighted by atomic mass is 32.2. The fourth-order valence-electron chi connectivity index (χ4n) is 3.59. The summed E-state index contributed by atoms with van der Waals surface area (Å²) in [5.41, 5.74) is 6.71. The lowest BCUT2D eigenvalue weighted by atomic mass is 9.98. The number of hydrogen-bond donors (Lipinski definition) is 2. The number of carbonyl (C=O) groups excluding carboxylic acids is 3. The van der Waals surface area contributed by atoms with Gasteiger partial charge in [-0.1, -0.05) is 0 Å². The number of anilines is 1. The van der Waals surface area contributed by atoms with Crippen molar-refractivity contribution in [2.24, 2.45) is 11.7 Å². The lowest BCUT2D eigenvalue weighted by Gasteiger charge is -2.28. The van der Waals surface area contributed by atoms with Gasteiger partial charge in [-0.2, -0.15) is 0 Å².